The number of nitriles is 1. The van der Waals surface area contributed by atoms with Crippen molar-refractivity contribution < 1.29 is 22.7 Å². The summed E-state index contributed by atoms with van der Waals surface area (Å²) in [4.78, 5) is 11.3. The molecule has 0 aliphatic heterocycles. The molecule has 19 heavy (non-hydrogen) atoms. The first-order valence-electron chi connectivity index (χ1n) is 5.37. The first-order chi connectivity index (χ1) is 8.88. The molecule has 1 aromatic carbocycles. The van der Waals surface area contributed by atoms with Gasteiger partial charge in [0, 0.05) is 6.61 Å². The normalized spacial score (nSPS) is 10.9. The molecule has 0 radical (unpaired) electrons. The molecule has 0 heterocycles. The Morgan fingerprint density at radius 2 is 2.16 bits per heavy atom. The zero-order valence-electron chi connectivity index (χ0n) is 10.0. The number of amides is 1. The highest BCUT2D eigenvalue weighted by Gasteiger charge is 2.34. The van der Waals surface area contributed by atoms with Gasteiger partial charge in [-0.15, -0.1) is 0 Å². The second-order valence-corrected chi connectivity index (χ2v) is 3.56. The molecular weight excluding hydrogens is 261 g/mol. The number of anilines is 1. The zero-order chi connectivity index (χ0) is 14.5. The molecule has 0 bridgehead atoms. The topological polar surface area (TPSA) is 62.1 Å². The summed E-state index contributed by atoms with van der Waals surface area (Å²) in [6, 6.07) is 4.55. The Balaban J connectivity index is 3.01. The first kappa shape index (κ1) is 15.0. The summed E-state index contributed by atoms with van der Waals surface area (Å²) in [6.45, 7) is 1.62. The van der Waals surface area contributed by atoms with Gasteiger partial charge in [0.1, 0.15) is 6.61 Å². The van der Waals surface area contributed by atoms with Crippen LogP contribution in [0.25, 0.3) is 0 Å². The molecule has 4 nitrogen and oxygen atoms in total. The smallest absolute Gasteiger partial charge is 0.372 e. The summed E-state index contributed by atoms with van der Waals surface area (Å²) < 4.78 is 43.1. The van der Waals surface area contributed by atoms with Gasteiger partial charge in [0.25, 0.3) is 0 Å². The van der Waals surface area contributed by atoms with Crippen LogP contribution in [0.4, 0.5) is 18.9 Å². The van der Waals surface area contributed by atoms with Crippen LogP contribution in [0, 0.1) is 11.3 Å². The van der Waals surface area contributed by atoms with Gasteiger partial charge in [-0.3, -0.25) is 4.79 Å². The van der Waals surface area contributed by atoms with Crippen molar-refractivity contribution >= 4 is 11.6 Å². The van der Waals surface area contributed by atoms with Gasteiger partial charge in [-0.05, 0) is 25.1 Å². The number of alkyl halides is 3. The van der Waals surface area contributed by atoms with Crippen molar-refractivity contribution in [1.29, 1.82) is 5.26 Å². The standard InChI is InChI=1S/C12H11F3N2O2/c1-2-19-7-11(18)17-10-4-3-8(6-16)5-9(10)12(13,14)15/h3-5H,2,7H2,1H3,(H,17,18). The lowest BCUT2D eigenvalue weighted by Gasteiger charge is -2.14. The van der Waals surface area contributed by atoms with E-state index in [-0.39, 0.29) is 18.8 Å². The maximum absolute atomic E-state index is 12.8. The van der Waals surface area contributed by atoms with Gasteiger partial charge in [-0.2, -0.15) is 18.4 Å². The summed E-state index contributed by atoms with van der Waals surface area (Å²) in [5.41, 5.74) is -1.58. The predicted octanol–water partition coefficient (Wildman–Crippen LogP) is 2.55. The summed E-state index contributed by atoms with van der Waals surface area (Å²) in [5.74, 6) is -0.683. The average molecular weight is 272 g/mol. The van der Waals surface area contributed by atoms with Crippen molar-refractivity contribution in [3.8, 4) is 6.07 Å². The predicted molar refractivity (Wildman–Crippen MR) is 61.3 cm³/mol. The fourth-order valence-electron chi connectivity index (χ4n) is 1.34. The molecule has 0 aromatic heterocycles. The van der Waals surface area contributed by atoms with Crippen molar-refractivity contribution in [1.82, 2.24) is 0 Å². The average Bonchev–Trinajstić information content (AvgIpc) is 2.35. The van der Waals surface area contributed by atoms with Crippen molar-refractivity contribution in [2.45, 2.75) is 13.1 Å². The minimum absolute atomic E-state index is 0.130. The van der Waals surface area contributed by atoms with Gasteiger partial charge in [0.15, 0.2) is 0 Å². The monoisotopic (exact) mass is 272 g/mol. The molecule has 1 amide bonds. The van der Waals surface area contributed by atoms with Gasteiger partial charge >= 0.3 is 6.18 Å². The molecule has 0 atom stereocenters. The SMILES string of the molecule is CCOCC(=O)Nc1ccc(C#N)cc1C(F)(F)F. The maximum Gasteiger partial charge on any atom is 0.418 e. The van der Waals surface area contributed by atoms with E-state index in [2.05, 4.69) is 5.32 Å². The zero-order valence-corrected chi connectivity index (χ0v) is 10.0. The number of rotatable bonds is 4. The van der Waals surface area contributed by atoms with Crippen LogP contribution in [0.2, 0.25) is 0 Å². The Hall–Kier alpha value is -2.07. The van der Waals surface area contributed by atoms with Crippen LogP contribution >= 0.6 is 0 Å². The van der Waals surface area contributed by atoms with Crippen LogP contribution in [0.15, 0.2) is 18.2 Å². The number of hydrogen-bond donors (Lipinski definition) is 1. The molecule has 0 fully saturated rings. The van der Waals surface area contributed by atoms with E-state index < -0.39 is 23.3 Å². The number of halogens is 3. The van der Waals surface area contributed by atoms with E-state index in [4.69, 9.17) is 10.00 Å². The van der Waals surface area contributed by atoms with Crippen LogP contribution in [-0.4, -0.2) is 19.1 Å². The molecule has 1 N–H and O–H groups in total. The highest BCUT2D eigenvalue weighted by molar-refractivity contribution is 5.92. The Kier molecular flexibility index (Phi) is 4.89. The number of hydrogen-bond acceptors (Lipinski definition) is 3. The first-order valence-corrected chi connectivity index (χ1v) is 5.37. The third kappa shape index (κ3) is 4.26. The van der Waals surface area contributed by atoms with E-state index in [0.717, 1.165) is 6.07 Å². The van der Waals surface area contributed by atoms with Crippen LogP contribution in [0.3, 0.4) is 0 Å². The van der Waals surface area contributed by atoms with Crippen LogP contribution in [0.5, 0.6) is 0 Å². The minimum Gasteiger partial charge on any atom is -0.372 e. The lowest BCUT2D eigenvalue weighted by Crippen LogP contribution is -2.21. The number of carbonyl (C=O) groups excluding carboxylic acids is 1. The molecule has 102 valence electrons. The third-order valence-electron chi connectivity index (χ3n) is 2.17. The fraction of sp³-hybridized carbons (Fsp3) is 0.333. The summed E-state index contributed by atoms with van der Waals surface area (Å²) >= 11 is 0. The second-order valence-electron chi connectivity index (χ2n) is 3.56. The van der Waals surface area contributed by atoms with E-state index in [0.29, 0.717) is 6.07 Å². The number of carbonyl (C=O) groups is 1. The van der Waals surface area contributed by atoms with Gasteiger partial charge in [-0.25, -0.2) is 0 Å². The molecule has 1 rings (SSSR count). The summed E-state index contributed by atoms with van der Waals surface area (Å²) in [6.07, 6.45) is -4.65. The van der Waals surface area contributed by atoms with Gasteiger partial charge in [0.05, 0.1) is 22.9 Å². The third-order valence-corrected chi connectivity index (χ3v) is 2.17. The highest BCUT2D eigenvalue weighted by Crippen LogP contribution is 2.35. The van der Waals surface area contributed by atoms with E-state index >= 15 is 0 Å². The van der Waals surface area contributed by atoms with Crippen molar-refractivity contribution in [2.75, 3.05) is 18.5 Å². The highest BCUT2D eigenvalue weighted by atomic mass is 19.4. The van der Waals surface area contributed by atoms with E-state index in [1.54, 1.807) is 13.0 Å². The van der Waals surface area contributed by atoms with Crippen LogP contribution in [0.1, 0.15) is 18.1 Å². The summed E-state index contributed by atoms with van der Waals surface area (Å²) in [7, 11) is 0. The quantitative estimate of drug-likeness (QED) is 0.916. The molecule has 0 saturated heterocycles. The number of nitrogens with one attached hydrogen (secondary N) is 1. The van der Waals surface area contributed by atoms with E-state index in [1.807, 2.05) is 0 Å². The molecular formula is C12H11F3N2O2. The molecule has 0 saturated carbocycles. The van der Waals surface area contributed by atoms with Gasteiger partial charge in [-0.1, -0.05) is 0 Å². The molecule has 0 aliphatic rings. The number of benzene rings is 1. The fourth-order valence-corrected chi connectivity index (χ4v) is 1.34. The van der Waals surface area contributed by atoms with Crippen molar-refractivity contribution in [2.24, 2.45) is 0 Å². The number of ether oxygens (including phenoxy) is 1. The van der Waals surface area contributed by atoms with Gasteiger partial charge in [0.2, 0.25) is 5.91 Å². The largest absolute Gasteiger partial charge is 0.418 e. The molecule has 0 spiro atoms. The maximum atomic E-state index is 12.8. The lowest BCUT2D eigenvalue weighted by molar-refractivity contribution is -0.137. The van der Waals surface area contributed by atoms with Crippen LogP contribution < -0.4 is 5.32 Å². The molecule has 1 aromatic rings. The van der Waals surface area contributed by atoms with Crippen LogP contribution in [-0.2, 0) is 15.7 Å². The number of nitrogens with zero attached hydrogens (tertiary/aromatic N) is 1. The minimum atomic E-state index is -4.65. The lowest BCUT2D eigenvalue weighted by atomic mass is 10.1. The van der Waals surface area contributed by atoms with E-state index in [1.165, 1.54) is 6.07 Å². The Morgan fingerprint density at radius 3 is 2.68 bits per heavy atom. The summed E-state index contributed by atoms with van der Waals surface area (Å²) in [5, 5.41) is 10.7. The van der Waals surface area contributed by atoms with E-state index in [9.17, 15) is 18.0 Å². The molecule has 0 unspecified atom stereocenters. The Bertz CT molecular complexity index is 507. The molecule has 7 heteroatoms. The Labute approximate surface area is 107 Å². The van der Waals surface area contributed by atoms with Gasteiger partial charge < -0.3 is 10.1 Å². The molecule has 0 aliphatic carbocycles. The Morgan fingerprint density at radius 1 is 1.47 bits per heavy atom. The van der Waals surface area contributed by atoms with Crippen molar-refractivity contribution in [3.63, 3.8) is 0 Å². The second kappa shape index (κ2) is 6.20. The van der Waals surface area contributed by atoms with Crippen molar-refractivity contribution in [3.05, 3.63) is 29.3 Å².